The Kier molecular flexibility index (Phi) is 5.26. The number of rotatable bonds is 7. The van der Waals surface area contributed by atoms with E-state index in [1.54, 1.807) is 0 Å². The van der Waals surface area contributed by atoms with Crippen molar-refractivity contribution in [3.05, 3.63) is 0 Å². The van der Waals surface area contributed by atoms with Crippen LogP contribution >= 0.6 is 0 Å². The molecule has 16 heavy (non-hydrogen) atoms. The SMILES string of the molecule is CCC(C)CC(CC)(CN)N(C)C1CCC1. The molecule has 2 heteroatoms. The van der Waals surface area contributed by atoms with Crippen molar-refractivity contribution < 1.29 is 0 Å². The lowest BCUT2D eigenvalue weighted by Gasteiger charge is -2.49. The van der Waals surface area contributed by atoms with Crippen molar-refractivity contribution in [3.63, 3.8) is 0 Å². The van der Waals surface area contributed by atoms with Crippen LogP contribution in [0.4, 0.5) is 0 Å². The van der Waals surface area contributed by atoms with Crippen LogP contribution in [0.15, 0.2) is 0 Å². The van der Waals surface area contributed by atoms with Gasteiger partial charge in [-0.2, -0.15) is 0 Å². The van der Waals surface area contributed by atoms with Crippen molar-refractivity contribution in [2.45, 2.75) is 70.9 Å². The van der Waals surface area contributed by atoms with E-state index in [4.69, 9.17) is 5.73 Å². The molecule has 0 heterocycles. The first kappa shape index (κ1) is 14.0. The first-order chi connectivity index (χ1) is 7.59. The Morgan fingerprint density at radius 1 is 1.38 bits per heavy atom. The molecule has 0 amide bonds. The summed E-state index contributed by atoms with van der Waals surface area (Å²) in [5.41, 5.74) is 6.35. The van der Waals surface area contributed by atoms with E-state index in [0.717, 1.165) is 18.5 Å². The van der Waals surface area contributed by atoms with Gasteiger partial charge in [0.25, 0.3) is 0 Å². The predicted molar refractivity (Wildman–Crippen MR) is 71.6 cm³/mol. The zero-order chi connectivity index (χ0) is 12.2. The summed E-state index contributed by atoms with van der Waals surface area (Å²) >= 11 is 0. The fourth-order valence-electron chi connectivity index (χ4n) is 2.86. The number of hydrogen-bond donors (Lipinski definition) is 1. The van der Waals surface area contributed by atoms with Crippen LogP contribution in [-0.4, -0.2) is 30.1 Å². The maximum atomic E-state index is 6.10. The van der Waals surface area contributed by atoms with E-state index >= 15 is 0 Å². The van der Waals surface area contributed by atoms with Crippen molar-refractivity contribution >= 4 is 0 Å². The Balaban J connectivity index is 2.68. The van der Waals surface area contributed by atoms with Crippen molar-refractivity contribution in [1.82, 2.24) is 4.90 Å². The summed E-state index contributed by atoms with van der Waals surface area (Å²) in [5, 5.41) is 0. The van der Waals surface area contributed by atoms with Gasteiger partial charge in [-0.05, 0) is 38.6 Å². The monoisotopic (exact) mass is 226 g/mol. The van der Waals surface area contributed by atoms with E-state index in [2.05, 4.69) is 32.7 Å². The van der Waals surface area contributed by atoms with E-state index in [1.807, 2.05) is 0 Å². The van der Waals surface area contributed by atoms with Crippen molar-refractivity contribution in [1.29, 1.82) is 0 Å². The van der Waals surface area contributed by atoms with Crippen LogP contribution in [0.3, 0.4) is 0 Å². The molecule has 1 aliphatic rings. The highest BCUT2D eigenvalue weighted by atomic mass is 15.2. The molecule has 0 saturated heterocycles. The Hall–Kier alpha value is -0.0800. The number of likely N-dealkylation sites (N-methyl/N-ethyl adjacent to an activating group) is 1. The normalized spacial score (nSPS) is 22.9. The fourth-order valence-corrected chi connectivity index (χ4v) is 2.86. The molecule has 0 aromatic heterocycles. The predicted octanol–water partition coefficient (Wildman–Crippen LogP) is 3.01. The molecule has 2 N–H and O–H groups in total. The summed E-state index contributed by atoms with van der Waals surface area (Å²) in [6.07, 6.45) is 7.85. The zero-order valence-corrected chi connectivity index (χ0v) is 11.6. The molecule has 2 atom stereocenters. The van der Waals surface area contributed by atoms with Gasteiger partial charge in [0.15, 0.2) is 0 Å². The summed E-state index contributed by atoms with van der Waals surface area (Å²) < 4.78 is 0. The standard InChI is InChI=1S/C14H30N2/c1-5-12(3)10-14(6-2,11-15)16(4)13-8-7-9-13/h12-13H,5-11,15H2,1-4H3. The third kappa shape index (κ3) is 2.78. The molecule has 96 valence electrons. The van der Waals surface area contributed by atoms with Crippen LogP contribution in [0.5, 0.6) is 0 Å². The van der Waals surface area contributed by atoms with Crippen LogP contribution < -0.4 is 5.73 Å². The zero-order valence-electron chi connectivity index (χ0n) is 11.6. The highest BCUT2D eigenvalue weighted by Crippen LogP contribution is 2.34. The Labute approximate surface area is 102 Å². The summed E-state index contributed by atoms with van der Waals surface area (Å²) in [4.78, 5) is 2.60. The lowest BCUT2D eigenvalue weighted by molar-refractivity contribution is 0.0191. The van der Waals surface area contributed by atoms with Gasteiger partial charge in [0, 0.05) is 18.1 Å². The molecule has 0 radical (unpaired) electrons. The van der Waals surface area contributed by atoms with Crippen molar-refractivity contribution in [2.24, 2.45) is 11.7 Å². The number of nitrogens with two attached hydrogens (primary N) is 1. The minimum Gasteiger partial charge on any atom is -0.329 e. The summed E-state index contributed by atoms with van der Waals surface area (Å²) in [6, 6.07) is 0.799. The second-order valence-corrected chi connectivity index (χ2v) is 5.70. The molecule has 0 spiro atoms. The first-order valence-corrected chi connectivity index (χ1v) is 7.02. The van der Waals surface area contributed by atoms with Gasteiger partial charge in [-0.3, -0.25) is 4.90 Å². The third-order valence-electron chi connectivity index (χ3n) is 4.83. The number of nitrogens with zero attached hydrogens (tertiary/aromatic N) is 1. The molecular weight excluding hydrogens is 196 g/mol. The van der Waals surface area contributed by atoms with Gasteiger partial charge in [0.05, 0.1) is 0 Å². The minimum atomic E-state index is 0.251. The van der Waals surface area contributed by atoms with E-state index in [0.29, 0.717) is 0 Å². The molecule has 0 aliphatic heterocycles. The summed E-state index contributed by atoms with van der Waals surface area (Å²) in [7, 11) is 2.29. The maximum Gasteiger partial charge on any atom is 0.0331 e. The first-order valence-electron chi connectivity index (χ1n) is 7.02. The van der Waals surface area contributed by atoms with Crippen LogP contribution in [0.2, 0.25) is 0 Å². The molecule has 1 rings (SSSR count). The quantitative estimate of drug-likeness (QED) is 0.723. The molecule has 0 bridgehead atoms. The van der Waals surface area contributed by atoms with Crippen LogP contribution in [0, 0.1) is 5.92 Å². The van der Waals surface area contributed by atoms with Gasteiger partial charge in [-0.15, -0.1) is 0 Å². The Morgan fingerprint density at radius 3 is 2.31 bits per heavy atom. The van der Waals surface area contributed by atoms with E-state index in [1.165, 1.54) is 38.5 Å². The maximum absolute atomic E-state index is 6.10. The minimum absolute atomic E-state index is 0.251. The number of hydrogen-bond acceptors (Lipinski definition) is 2. The van der Waals surface area contributed by atoms with E-state index in [9.17, 15) is 0 Å². The molecule has 1 aliphatic carbocycles. The summed E-state index contributed by atoms with van der Waals surface area (Å²) in [6.45, 7) is 7.74. The smallest absolute Gasteiger partial charge is 0.0331 e. The van der Waals surface area contributed by atoms with Gasteiger partial charge < -0.3 is 5.73 Å². The lowest BCUT2D eigenvalue weighted by Crippen LogP contribution is -2.58. The average molecular weight is 226 g/mol. The Bertz CT molecular complexity index is 195. The van der Waals surface area contributed by atoms with E-state index in [-0.39, 0.29) is 5.54 Å². The van der Waals surface area contributed by atoms with Crippen LogP contribution in [-0.2, 0) is 0 Å². The highest BCUT2D eigenvalue weighted by Gasteiger charge is 2.38. The van der Waals surface area contributed by atoms with Crippen LogP contribution in [0.1, 0.15) is 59.3 Å². The largest absolute Gasteiger partial charge is 0.329 e. The summed E-state index contributed by atoms with van der Waals surface area (Å²) in [5.74, 6) is 0.783. The van der Waals surface area contributed by atoms with Gasteiger partial charge in [0.1, 0.15) is 0 Å². The van der Waals surface area contributed by atoms with Crippen LogP contribution in [0.25, 0.3) is 0 Å². The molecule has 2 unspecified atom stereocenters. The van der Waals surface area contributed by atoms with Gasteiger partial charge in [-0.1, -0.05) is 33.6 Å². The molecule has 1 saturated carbocycles. The third-order valence-corrected chi connectivity index (χ3v) is 4.83. The molecule has 2 nitrogen and oxygen atoms in total. The van der Waals surface area contributed by atoms with Crippen molar-refractivity contribution in [3.8, 4) is 0 Å². The Morgan fingerprint density at radius 2 is 2.00 bits per heavy atom. The second kappa shape index (κ2) is 6.02. The van der Waals surface area contributed by atoms with Gasteiger partial charge >= 0.3 is 0 Å². The van der Waals surface area contributed by atoms with Gasteiger partial charge in [-0.25, -0.2) is 0 Å². The molecule has 0 aromatic carbocycles. The highest BCUT2D eigenvalue weighted by molar-refractivity contribution is 4.95. The molecular formula is C14H30N2. The van der Waals surface area contributed by atoms with E-state index < -0.39 is 0 Å². The molecule has 0 aromatic rings. The molecule has 1 fully saturated rings. The lowest BCUT2D eigenvalue weighted by atomic mass is 9.79. The fraction of sp³-hybridized carbons (Fsp3) is 1.00. The topological polar surface area (TPSA) is 29.3 Å². The van der Waals surface area contributed by atoms with Gasteiger partial charge in [0.2, 0.25) is 0 Å². The van der Waals surface area contributed by atoms with Crippen molar-refractivity contribution in [2.75, 3.05) is 13.6 Å². The average Bonchev–Trinajstić information content (AvgIpc) is 2.23. The second-order valence-electron chi connectivity index (χ2n) is 5.70.